The summed E-state index contributed by atoms with van der Waals surface area (Å²) in [4.78, 5) is 43.7. The fourth-order valence-corrected chi connectivity index (χ4v) is 1.02. The van der Waals surface area contributed by atoms with E-state index in [1.54, 1.807) is 5.32 Å². The lowest BCUT2D eigenvalue weighted by atomic mass is 9.89. The quantitative estimate of drug-likeness (QED) is 0.456. The van der Waals surface area contributed by atoms with Gasteiger partial charge in [-0.2, -0.15) is 0 Å². The molecule has 5 N–H and O–H groups in total. The number of ketones is 2. The van der Waals surface area contributed by atoms with Crippen molar-refractivity contribution in [3.8, 4) is 0 Å². The minimum atomic E-state index is -2.34. The molecular formula is C7H11N3O4. The number of urea groups is 1. The molecule has 0 saturated heterocycles. The minimum Gasteiger partial charge on any atom is -0.367 e. The first-order chi connectivity index (χ1) is 6.25. The van der Waals surface area contributed by atoms with Crippen LogP contribution in [0.1, 0.15) is 13.8 Å². The van der Waals surface area contributed by atoms with Crippen LogP contribution in [0.2, 0.25) is 0 Å². The van der Waals surface area contributed by atoms with Crippen molar-refractivity contribution in [1.82, 2.24) is 5.32 Å². The maximum Gasteiger partial charge on any atom is 0.313 e. The van der Waals surface area contributed by atoms with Crippen molar-refractivity contribution in [2.45, 2.75) is 19.4 Å². The van der Waals surface area contributed by atoms with Crippen LogP contribution in [0, 0.1) is 0 Å². The molecule has 0 unspecified atom stereocenters. The molecule has 14 heavy (non-hydrogen) atoms. The molecule has 0 rings (SSSR count). The molecule has 78 valence electrons. The van der Waals surface area contributed by atoms with E-state index in [4.69, 9.17) is 11.5 Å². The highest BCUT2D eigenvalue weighted by Gasteiger charge is 2.47. The molecule has 0 aromatic carbocycles. The van der Waals surface area contributed by atoms with E-state index < -0.39 is 29.0 Å². The number of carbonyl (C=O) groups is 4. The lowest BCUT2D eigenvalue weighted by Gasteiger charge is -2.24. The van der Waals surface area contributed by atoms with Crippen LogP contribution in [0.25, 0.3) is 0 Å². The van der Waals surface area contributed by atoms with Gasteiger partial charge in [0.05, 0.1) is 0 Å². The van der Waals surface area contributed by atoms with Crippen molar-refractivity contribution < 1.29 is 19.2 Å². The number of hydrogen-bond donors (Lipinski definition) is 3. The number of nitrogens with two attached hydrogens (primary N) is 2. The number of rotatable bonds is 4. The van der Waals surface area contributed by atoms with Crippen LogP contribution in [-0.4, -0.2) is 29.0 Å². The summed E-state index contributed by atoms with van der Waals surface area (Å²) in [6, 6.07) is -1.17. The molecule has 0 aliphatic carbocycles. The number of Topliss-reactive ketones (excluding diaryl/α,β-unsaturated/α-hetero) is 2. The normalized spacial score (nSPS) is 10.4. The molecule has 0 bridgehead atoms. The van der Waals surface area contributed by atoms with E-state index >= 15 is 0 Å². The van der Waals surface area contributed by atoms with Crippen LogP contribution >= 0.6 is 0 Å². The van der Waals surface area contributed by atoms with Gasteiger partial charge >= 0.3 is 6.03 Å². The van der Waals surface area contributed by atoms with Crippen molar-refractivity contribution in [2.75, 3.05) is 0 Å². The van der Waals surface area contributed by atoms with Crippen LogP contribution in [0.3, 0.4) is 0 Å². The first-order valence-corrected chi connectivity index (χ1v) is 3.64. The molecule has 0 aliphatic heterocycles. The summed E-state index contributed by atoms with van der Waals surface area (Å²) in [6.45, 7) is 1.92. The molecule has 0 heterocycles. The maximum absolute atomic E-state index is 11.1. The van der Waals surface area contributed by atoms with Gasteiger partial charge in [0.1, 0.15) is 0 Å². The standard InChI is InChI=1S/C7H11N3O4/c1-3(11)7(4(2)12,5(8)13)10-6(9)14/h1-2H3,(H2,8,13)(H3,9,10,14). The smallest absolute Gasteiger partial charge is 0.313 e. The summed E-state index contributed by atoms with van der Waals surface area (Å²) < 4.78 is 0. The Balaban J connectivity index is 5.38. The Hall–Kier alpha value is -1.92. The highest BCUT2D eigenvalue weighted by atomic mass is 16.2. The van der Waals surface area contributed by atoms with Gasteiger partial charge in [-0.15, -0.1) is 0 Å². The van der Waals surface area contributed by atoms with Crippen molar-refractivity contribution in [3.05, 3.63) is 0 Å². The van der Waals surface area contributed by atoms with Gasteiger partial charge in [-0.25, -0.2) is 4.79 Å². The highest BCUT2D eigenvalue weighted by Crippen LogP contribution is 2.07. The Labute approximate surface area is 79.8 Å². The zero-order valence-corrected chi connectivity index (χ0v) is 7.79. The van der Waals surface area contributed by atoms with E-state index in [0.717, 1.165) is 13.8 Å². The molecule has 3 amide bonds. The molecule has 7 nitrogen and oxygen atoms in total. The van der Waals surface area contributed by atoms with Gasteiger partial charge in [0.15, 0.2) is 11.6 Å². The molecule has 7 heteroatoms. The molecule has 0 aromatic heterocycles. The Kier molecular flexibility index (Phi) is 3.33. The van der Waals surface area contributed by atoms with Crippen molar-refractivity contribution in [2.24, 2.45) is 11.5 Å². The first-order valence-electron chi connectivity index (χ1n) is 3.64. The van der Waals surface area contributed by atoms with Crippen molar-refractivity contribution >= 4 is 23.5 Å². The van der Waals surface area contributed by atoms with E-state index in [9.17, 15) is 19.2 Å². The second kappa shape index (κ2) is 3.86. The van der Waals surface area contributed by atoms with Gasteiger partial charge in [-0.1, -0.05) is 0 Å². The molecule has 0 aliphatic rings. The fourth-order valence-electron chi connectivity index (χ4n) is 1.02. The predicted molar refractivity (Wildman–Crippen MR) is 46.0 cm³/mol. The molecule has 0 radical (unpaired) electrons. The lowest BCUT2D eigenvalue weighted by Crippen LogP contribution is -2.67. The summed E-state index contributed by atoms with van der Waals surface area (Å²) in [5.41, 5.74) is 7.26. The Morgan fingerprint density at radius 2 is 1.36 bits per heavy atom. The van der Waals surface area contributed by atoms with Crippen LogP contribution < -0.4 is 16.8 Å². The third-order valence-corrected chi connectivity index (χ3v) is 1.74. The summed E-state index contributed by atoms with van der Waals surface area (Å²) >= 11 is 0. The summed E-state index contributed by atoms with van der Waals surface area (Å²) in [5, 5.41) is 1.76. The topological polar surface area (TPSA) is 132 Å². The highest BCUT2D eigenvalue weighted by molar-refractivity contribution is 6.28. The Bertz CT molecular complexity index is 274. The lowest BCUT2D eigenvalue weighted by molar-refractivity contribution is -0.141. The van der Waals surface area contributed by atoms with Crippen LogP contribution in [0.5, 0.6) is 0 Å². The van der Waals surface area contributed by atoms with Gasteiger partial charge < -0.3 is 16.8 Å². The average molecular weight is 201 g/mol. The van der Waals surface area contributed by atoms with Gasteiger partial charge in [0, 0.05) is 0 Å². The largest absolute Gasteiger partial charge is 0.367 e. The molecular weight excluding hydrogens is 190 g/mol. The third kappa shape index (κ3) is 1.87. The second-order valence-electron chi connectivity index (χ2n) is 2.72. The Morgan fingerprint density at radius 3 is 1.43 bits per heavy atom. The number of nitrogens with one attached hydrogen (secondary N) is 1. The summed E-state index contributed by atoms with van der Waals surface area (Å²) in [7, 11) is 0. The Morgan fingerprint density at radius 1 is 1.00 bits per heavy atom. The average Bonchev–Trinajstić information content (AvgIpc) is 1.97. The summed E-state index contributed by atoms with van der Waals surface area (Å²) in [6.07, 6.45) is 0. The van der Waals surface area contributed by atoms with Gasteiger partial charge in [-0.3, -0.25) is 14.4 Å². The molecule has 0 atom stereocenters. The van der Waals surface area contributed by atoms with Gasteiger partial charge in [0.25, 0.3) is 5.91 Å². The number of primary amides is 2. The number of amides is 3. The maximum atomic E-state index is 11.1. The van der Waals surface area contributed by atoms with E-state index in [-0.39, 0.29) is 0 Å². The van der Waals surface area contributed by atoms with E-state index in [1.807, 2.05) is 0 Å². The van der Waals surface area contributed by atoms with Crippen LogP contribution in [0.4, 0.5) is 4.79 Å². The van der Waals surface area contributed by atoms with Gasteiger partial charge in [0.2, 0.25) is 5.54 Å². The predicted octanol–water partition coefficient (Wildman–Crippen LogP) is -1.94. The molecule has 0 spiro atoms. The van der Waals surface area contributed by atoms with E-state index in [2.05, 4.69) is 0 Å². The van der Waals surface area contributed by atoms with Crippen LogP contribution in [-0.2, 0) is 14.4 Å². The molecule has 0 saturated carbocycles. The monoisotopic (exact) mass is 201 g/mol. The van der Waals surface area contributed by atoms with Crippen LogP contribution in [0.15, 0.2) is 0 Å². The second-order valence-corrected chi connectivity index (χ2v) is 2.72. The molecule has 0 aromatic rings. The first kappa shape index (κ1) is 12.1. The van der Waals surface area contributed by atoms with Crippen molar-refractivity contribution in [1.29, 1.82) is 0 Å². The fraction of sp³-hybridized carbons (Fsp3) is 0.429. The zero-order valence-electron chi connectivity index (χ0n) is 7.79. The van der Waals surface area contributed by atoms with Crippen molar-refractivity contribution in [3.63, 3.8) is 0 Å². The SMILES string of the molecule is CC(=O)C(NC(N)=O)(C(C)=O)C(N)=O. The van der Waals surface area contributed by atoms with E-state index in [0.29, 0.717) is 0 Å². The number of hydrogen-bond acceptors (Lipinski definition) is 4. The van der Waals surface area contributed by atoms with Gasteiger partial charge in [-0.05, 0) is 13.8 Å². The molecule has 0 fully saturated rings. The summed E-state index contributed by atoms with van der Waals surface area (Å²) in [5.74, 6) is -3.01. The third-order valence-electron chi connectivity index (χ3n) is 1.74. The number of carbonyl (C=O) groups excluding carboxylic acids is 4. The minimum absolute atomic E-state index is 0.878. The van der Waals surface area contributed by atoms with E-state index in [1.165, 1.54) is 0 Å². The zero-order chi connectivity index (χ0) is 11.5.